The Labute approximate surface area is 197 Å². The lowest BCUT2D eigenvalue weighted by Crippen LogP contribution is -2.42. The molecule has 7 heteroatoms. The van der Waals surface area contributed by atoms with Gasteiger partial charge in [-0.2, -0.15) is 0 Å². The highest BCUT2D eigenvalue weighted by atomic mass is 28.4. The average molecular weight is 480 g/mol. The van der Waals surface area contributed by atoms with Crippen molar-refractivity contribution in [1.82, 2.24) is 5.32 Å². The van der Waals surface area contributed by atoms with Crippen LogP contribution in [-0.4, -0.2) is 42.0 Å². The fraction of sp³-hybridized carbons (Fsp3) is 0.720. The third-order valence-electron chi connectivity index (χ3n) is 7.71. The molecule has 1 amide bonds. The zero-order chi connectivity index (χ0) is 24.4. The summed E-state index contributed by atoms with van der Waals surface area (Å²) in [5.74, 6) is 0.524. The minimum Gasteiger partial charge on any atom is -0.445 e. The molecule has 1 aliphatic carbocycles. The molecule has 32 heavy (non-hydrogen) atoms. The maximum atomic E-state index is 12.5. The summed E-state index contributed by atoms with van der Waals surface area (Å²) in [6.45, 7) is 24.2. The third kappa shape index (κ3) is 7.17. The highest BCUT2D eigenvalue weighted by Gasteiger charge is 2.53. The molecule has 0 spiro atoms. The largest absolute Gasteiger partial charge is 0.445 e. The maximum Gasteiger partial charge on any atom is 0.407 e. The summed E-state index contributed by atoms with van der Waals surface area (Å²) in [7, 11) is -3.70. The van der Waals surface area contributed by atoms with Crippen LogP contribution in [0.1, 0.15) is 47.1 Å². The zero-order valence-corrected chi connectivity index (χ0v) is 23.9. The number of hydrogen-bond donors (Lipinski definition) is 1. The van der Waals surface area contributed by atoms with Gasteiger partial charge in [0.25, 0.3) is 0 Å². The van der Waals surface area contributed by atoms with Crippen LogP contribution in [0.25, 0.3) is 0 Å². The van der Waals surface area contributed by atoms with Gasteiger partial charge >= 0.3 is 6.09 Å². The standard InChI is InChI=1S/C25H45NO4Si2/c1-24(2,3)31(7,8)29-17-20-21(18-30-32(9,10)25(4,5)6)22(20)26-23(27)28-16-19-14-12-11-13-15-19/h11-15,20-22H,16-18H2,1-10H3,(H,26,27)/t20-,21-/m1/s1. The van der Waals surface area contributed by atoms with Gasteiger partial charge in [-0.15, -0.1) is 0 Å². The van der Waals surface area contributed by atoms with Gasteiger partial charge in [0, 0.05) is 31.1 Å². The molecular formula is C25H45NO4Si2. The third-order valence-corrected chi connectivity index (χ3v) is 16.7. The van der Waals surface area contributed by atoms with Gasteiger partial charge in [-0.1, -0.05) is 71.9 Å². The summed E-state index contributed by atoms with van der Waals surface area (Å²) in [5.41, 5.74) is 0.981. The number of carbonyl (C=O) groups is 1. The minimum atomic E-state index is -1.85. The zero-order valence-electron chi connectivity index (χ0n) is 21.9. The number of benzene rings is 1. The molecule has 0 saturated heterocycles. The van der Waals surface area contributed by atoms with Crippen molar-refractivity contribution in [3.05, 3.63) is 35.9 Å². The van der Waals surface area contributed by atoms with Gasteiger partial charge in [0.05, 0.1) is 0 Å². The Morgan fingerprint density at radius 3 is 1.69 bits per heavy atom. The van der Waals surface area contributed by atoms with Gasteiger partial charge in [0.1, 0.15) is 6.61 Å². The number of alkyl carbamates (subject to hydrolysis) is 1. The smallest absolute Gasteiger partial charge is 0.407 e. The summed E-state index contributed by atoms with van der Waals surface area (Å²) in [4.78, 5) is 12.5. The molecule has 2 rings (SSSR count). The Morgan fingerprint density at radius 1 is 0.844 bits per heavy atom. The summed E-state index contributed by atoms with van der Waals surface area (Å²) in [5, 5.41) is 3.40. The Morgan fingerprint density at radius 2 is 1.28 bits per heavy atom. The second kappa shape index (κ2) is 9.99. The predicted molar refractivity (Wildman–Crippen MR) is 137 cm³/mol. The van der Waals surface area contributed by atoms with Gasteiger partial charge in [-0.3, -0.25) is 0 Å². The second-order valence-corrected chi connectivity index (χ2v) is 21.8. The molecule has 0 radical (unpaired) electrons. The molecule has 1 saturated carbocycles. The molecule has 0 aromatic heterocycles. The predicted octanol–water partition coefficient (Wildman–Crippen LogP) is 6.57. The van der Waals surface area contributed by atoms with Crippen molar-refractivity contribution in [2.75, 3.05) is 13.2 Å². The summed E-state index contributed by atoms with van der Waals surface area (Å²) in [6.07, 6.45) is -0.369. The summed E-state index contributed by atoms with van der Waals surface area (Å²) < 4.78 is 18.4. The monoisotopic (exact) mass is 479 g/mol. The Hall–Kier alpha value is -1.16. The highest BCUT2D eigenvalue weighted by Crippen LogP contribution is 2.45. The first kappa shape index (κ1) is 27.1. The molecule has 2 atom stereocenters. The minimum absolute atomic E-state index is 0.0350. The maximum absolute atomic E-state index is 12.5. The number of carbonyl (C=O) groups excluding carboxylic acids is 1. The number of nitrogens with one attached hydrogen (secondary N) is 1. The van der Waals surface area contributed by atoms with Crippen molar-refractivity contribution in [2.24, 2.45) is 11.8 Å². The molecule has 0 bridgehead atoms. The van der Waals surface area contributed by atoms with Crippen LogP contribution < -0.4 is 5.32 Å². The molecule has 0 aliphatic heterocycles. The quantitative estimate of drug-likeness (QED) is 0.407. The van der Waals surface area contributed by atoms with Gasteiger partial charge < -0.3 is 18.9 Å². The van der Waals surface area contributed by atoms with Crippen molar-refractivity contribution in [3.8, 4) is 0 Å². The topological polar surface area (TPSA) is 56.8 Å². The number of rotatable bonds is 9. The van der Waals surface area contributed by atoms with E-state index in [1.165, 1.54) is 0 Å². The van der Waals surface area contributed by atoms with E-state index in [2.05, 4.69) is 73.0 Å². The van der Waals surface area contributed by atoms with Gasteiger partial charge in [-0.05, 0) is 41.8 Å². The Balaban J connectivity index is 1.97. The normalized spacial score (nSPS) is 21.9. The molecule has 1 N–H and O–H groups in total. The van der Waals surface area contributed by atoms with E-state index in [4.69, 9.17) is 13.6 Å². The van der Waals surface area contributed by atoms with E-state index in [0.717, 1.165) is 5.56 Å². The summed E-state index contributed by atoms with van der Waals surface area (Å²) in [6, 6.07) is 9.78. The lowest BCUT2D eigenvalue weighted by molar-refractivity contribution is 0.137. The fourth-order valence-electron chi connectivity index (χ4n) is 3.06. The SMILES string of the molecule is CC(C)(C)[Si](C)(C)OC[C@H]1C(NC(=O)OCc2ccccc2)[C@@H]1CO[Si](C)(C)C(C)(C)C. The van der Waals surface area contributed by atoms with E-state index in [0.29, 0.717) is 13.2 Å². The average Bonchev–Trinajstić information content (AvgIpc) is 3.33. The molecular weight excluding hydrogens is 434 g/mol. The first-order valence-corrected chi connectivity index (χ1v) is 17.6. The molecule has 0 heterocycles. The van der Waals surface area contributed by atoms with Crippen molar-refractivity contribution >= 4 is 22.7 Å². The van der Waals surface area contributed by atoms with E-state index >= 15 is 0 Å². The van der Waals surface area contributed by atoms with Gasteiger partial charge in [0.15, 0.2) is 16.6 Å². The van der Waals surface area contributed by atoms with Crippen molar-refractivity contribution in [3.63, 3.8) is 0 Å². The Kier molecular flexibility index (Phi) is 8.46. The Bertz CT molecular complexity index is 717. The van der Waals surface area contributed by atoms with Crippen molar-refractivity contribution < 1.29 is 18.4 Å². The van der Waals surface area contributed by atoms with Crippen LogP contribution in [0.3, 0.4) is 0 Å². The van der Waals surface area contributed by atoms with Crippen LogP contribution in [0.2, 0.25) is 36.3 Å². The van der Waals surface area contributed by atoms with Crippen LogP contribution in [0.15, 0.2) is 30.3 Å². The van der Waals surface area contributed by atoms with Crippen molar-refractivity contribution in [1.29, 1.82) is 0 Å². The van der Waals surface area contributed by atoms with Crippen LogP contribution in [0, 0.1) is 11.8 Å². The lowest BCUT2D eigenvalue weighted by Gasteiger charge is -2.36. The van der Waals surface area contributed by atoms with E-state index in [-0.39, 0.29) is 40.7 Å². The molecule has 0 unspecified atom stereocenters. The first-order chi connectivity index (χ1) is 14.6. The number of ether oxygens (including phenoxy) is 1. The second-order valence-electron chi connectivity index (χ2n) is 12.2. The molecule has 1 aromatic rings. The molecule has 182 valence electrons. The van der Waals surface area contributed by atoms with E-state index in [1.54, 1.807) is 0 Å². The van der Waals surface area contributed by atoms with Crippen LogP contribution in [-0.2, 0) is 20.2 Å². The summed E-state index contributed by atoms with van der Waals surface area (Å²) >= 11 is 0. The van der Waals surface area contributed by atoms with Crippen LogP contribution in [0.5, 0.6) is 0 Å². The highest BCUT2D eigenvalue weighted by molar-refractivity contribution is 6.74. The van der Waals surface area contributed by atoms with Crippen molar-refractivity contribution in [2.45, 2.75) is 90.5 Å². The molecule has 1 fully saturated rings. The van der Waals surface area contributed by atoms with E-state index in [1.807, 2.05) is 30.3 Å². The van der Waals surface area contributed by atoms with E-state index < -0.39 is 16.6 Å². The van der Waals surface area contributed by atoms with Gasteiger partial charge in [0.2, 0.25) is 0 Å². The lowest BCUT2D eigenvalue weighted by atomic mass is 10.2. The fourth-order valence-corrected chi connectivity index (χ4v) is 5.14. The molecule has 1 aliphatic rings. The van der Waals surface area contributed by atoms with E-state index in [9.17, 15) is 4.79 Å². The molecule has 1 aromatic carbocycles. The van der Waals surface area contributed by atoms with Crippen LogP contribution >= 0.6 is 0 Å². The van der Waals surface area contributed by atoms with Crippen LogP contribution in [0.4, 0.5) is 4.79 Å². The first-order valence-electron chi connectivity index (χ1n) is 11.8. The number of amides is 1. The van der Waals surface area contributed by atoms with Gasteiger partial charge in [-0.25, -0.2) is 4.79 Å². The molecule has 5 nitrogen and oxygen atoms in total. The number of hydrogen-bond acceptors (Lipinski definition) is 4.